The molecule has 1 aliphatic heterocycles. The number of hydrogen-bond acceptors (Lipinski definition) is 6. The third-order valence-electron chi connectivity index (χ3n) is 3.41. The predicted octanol–water partition coefficient (Wildman–Crippen LogP) is 0.529. The second-order valence-electron chi connectivity index (χ2n) is 5.21. The lowest BCUT2D eigenvalue weighted by molar-refractivity contribution is 0.151. The largest absolute Gasteiger partial charge is 0.375 e. The van der Waals surface area contributed by atoms with Crippen molar-refractivity contribution in [3.8, 4) is 0 Å². The van der Waals surface area contributed by atoms with Crippen molar-refractivity contribution in [1.29, 1.82) is 0 Å². The standard InChI is InChI=1S/C11H19N3O4S/c1-11(10-12-9(7-17-2)18-13-10)5-4-6-14(8-11)19(3,15)16/h4-8H2,1-3H3. The van der Waals surface area contributed by atoms with Crippen LogP contribution in [0.2, 0.25) is 0 Å². The van der Waals surface area contributed by atoms with Gasteiger partial charge in [-0.15, -0.1) is 0 Å². The Hall–Kier alpha value is -0.990. The van der Waals surface area contributed by atoms with Crippen molar-refractivity contribution in [2.24, 2.45) is 0 Å². The Labute approximate surface area is 113 Å². The van der Waals surface area contributed by atoms with Crippen molar-refractivity contribution in [1.82, 2.24) is 14.4 Å². The summed E-state index contributed by atoms with van der Waals surface area (Å²) in [6.07, 6.45) is 2.86. The zero-order chi connectivity index (χ0) is 14.1. The molecule has 19 heavy (non-hydrogen) atoms. The molecule has 1 unspecified atom stereocenters. The van der Waals surface area contributed by atoms with Gasteiger partial charge in [0.25, 0.3) is 5.89 Å². The zero-order valence-corrected chi connectivity index (χ0v) is 12.2. The molecule has 1 aromatic rings. The highest BCUT2D eigenvalue weighted by Gasteiger charge is 2.39. The van der Waals surface area contributed by atoms with E-state index in [1.165, 1.54) is 10.6 Å². The number of aromatic nitrogens is 2. The molecule has 7 nitrogen and oxygen atoms in total. The summed E-state index contributed by atoms with van der Waals surface area (Å²) in [4.78, 5) is 4.29. The van der Waals surface area contributed by atoms with Gasteiger partial charge in [-0.05, 0) is 12.8 Å². The van der Waals surface area contributed by atoms with E-state index in [0.717, 1.165) is 12.8 Å². The molecule has 1 aromatic heterocycles. The average Bonchev–Trinajstić information content (AvgIpc) is 2.78. The van der Waals surface area contributed by atoms with Crippen LogP contribution in [0.5, 0.6) is 0 Å². The minimum atomic E-state index is -3.19. The first-order valence-electron chi connectivity index (χ1n) is 6.12. The highest BCUT2D eigenvalue weighted by Crippen LogP contribution is 2.32. The SMILES string of the molecule is COCc1nc(C2(C)CCCN(S(C)(=O)=O)C2)no1. The molecule has 0 amide bonds. The molecule has 0 N–H and O–H groups in total. The van der Waals surface area contributed by atoms with Gasteiger partial charge in [0.05, 0.1) is 6.26 Å². The normalized spacial score (nSPS) is 25.6. The maximum atomic E-state index is 11.7. The summed E-state index contributed by atoms with van der Waals surface area (Å²) in [5.41, 5.74) is -0.406. The molecule has 1 aliphatic rings. The number of methoxy groups -OCH3 is 1. The molecule has 0 bridgehead atoms. The summed E-state index contributed by atoms with van der Waals surface area (Å²) in [6, 6.07) is 0. The van der Waals surface area contributed by atoms with Gasteiger partial charge in [0.1, 0.15) is 6.61 Å². The Kier molecular flexibility index (Phi) is 3.93. The van der Waals surface area contributed by atoms with Gasteiger partial charge < -0.3 is 9.26 Å². The average molecular weight is 289 g/mol. The van der Waals surface area contributed by atoms with Crippen molar-refractivity contribution in [2.45, 2.75) is 31.8 Å². The Morgan fingerprint density at radius 2 is 2.26 bits per heavy atom. The van der Waals surface area contributed by atoms with Crippen molar-refractivity contribution < 1.29 is 17.7 Å². The first kappa shape index (κ1) is 14.4. The van der Waals surface area contributed by atoms with E-state index in [4.69, 9.17) is 9.26 Å². The summed E-state index contributed by atoms with van der Waals surface area (Å²) in [5.74, 6) is 0.961. The molecule has 0 aliphatic carbocycles. The van der Waals surface area contributed by atoms with Gasteiger partial charge in [-0.1, -0.05) is 12.1 Å². The number of rotatable bonds is 4. The summed E-state index contributed by atoms with van der Waals surface area (Å²) in [6.45, 7) is 3.17. The minimum Gasteiger partial charge on any atom is -0.375 e. The lowest BCUT2D eigenvalue weighted by atomic mass is 9.82. The Balaban J connectivity index is 2.21. The fourth-order valence-electron chi connectivity index (χ4n) is 2.34. The number of hydrogen-bond donors (Lipinski definition) is 0. The molecular formula is C11H19N3O4S. The molecule has 2 heterocycles. The van der Waals surface area contributed by atoms with Crippen LogP contribution in [0.4, 0.5) is 0 Å². The smallest absolute Gasteiger partial charge is 0.252 e. The van der Waals surface area contributed by atoms with Crippen LogP contribution in [0.25, 0.3) is 0 Å². The Morgan fingerprint density at radius 3 is 2.89 bits per heavy atom. The fraction of sp³-hybridized carbons (Fsp3) is 0.818. The molecule has 0 spiro atoms. The topological polar surface area (TPSA) is 85.5 Å². The minimum absolute atomic E-state index is 0.263. The molecule has 1 fully saturated rings. The molecule has 108 valence electrons. The first-order valence-corrected chi connectivity index (χ1v) is 7.97. The second kappa shape index (κ2) is 5.18. The van der Waals surface area contributed by atoms with Crippen LogP contribution in [0.3, 0.4) is 0 Å². The molecule has 1 saturated heterocycles. The van der Waals surface area contributed by atoms with E-state index in [1.807, 2.05) is 6.92 Å². The van der Waals surface area contributed by atoms with Gasteiger partial charge in [-0.2, -0.15) is 4.98 Å². The molecule has 0 saturated carbocycles. The van der Waals surface area contributed by atoms with E-state index in [1.54, 1.807) is 7.11 Å². The van der Waals surface area contributed by atoms with Crippen LogP contribution >= 0.6 is 0 Å². The van der Waals surface area contributed by atoms with Gasteiger partial charge in [0.2, 0.25) is 10.0 Å². The lowest BCUT2D eigenvalue weighted by Crippen LogP contribution is -2.47. The summed E-state index contributed by atoms with van der Waals surface area (Å²) in [7, 11) is -1.63. The van der Waals surface area contributed by atoms with Crippen molar-refractivity contribution >= 4 is 10.0 Å². The van der Waals surface area contributed by atoms with Crippen LogP contribution in [0, 0.1) is 0 Å². The quantitative estimate of drug-likeness (QED) is 0.803. The monoisotopic (exact) mass is 289 g/mol. The van der Waals surface area contributed by atoms with Crippen molar-refractivity contribution in [2.75, 3.05) is 26.5 Å². The Bertz CT molecular complexity index is 542. The number of nitrogens with zero attached hydrogens (tertiary/aromatic N) is 3. The van der Waals surface area contributed by atoms with Gasteiger partial charge in [-0.25, -0.2) is 12.7 Å². The molecule has 1 atom stereocenters. The van der Waals surface area contributed by atoms with Crippen LogP contribution in [-0.2, 0) is 26.8 Å². The summed E-state index contributed by atoms with van der Waals surface area (Å²) in [5, 5.41) is 3.96. The summed E-state index contributed by atoms with van der Waals surface area (Å²) >= 11 is 0. The first-order chi connectivity index (χ1) is 8.85. The van der Waals surface area contributed by atoms with E-state index in [0.29, 0.717) is 24.8 Å². The van der Waals surface area contributed by atoms with Crippen LogP contribution in [0.15, 0.2) is 4.52 Å². The van der Waals surface area contributed by atoms with Gasteiger partial charge in [0.15, 0.2) is 5.82 Å². The number of piperidine rings is 1. The van der Waals surface area contributed by atoms with Crippen LogP contribution in [-0.4, -0.2) is 49.3 Å². The van der Waals surface area contributed by atoms with E-state index in [2.05, 4.69) is 10.1 Å². The number of ether oxygens (including phenoxy) is 1. The van der Waals surface area contributed by atoms with E-state index >= 15 is 0 Å². The maximum absolute atomic E-state index is 11.7. The maximum Gasteiger partial charge on any atom is 0.252 e. The predicted molar refractivity (Wildman–Crippen MR) is 68.0 cm³/mol. The lowest BCUT2D eigenvalue weighted by Gasteiger charge is -2.36. The highest BCUT2D eigenvalue weighted by atomic mass is 32.2. The van der Waals surface area contributed by atoms with E-state index in [-0.39, 0.29) is 6.61 Å². The van der Waals surface area contributed by atoms with Crippen LogP contribution in [0.1, 0.15) is 31.5 Å². The Morgan fingerprint density at radius 1 is 1.53 bits per heavy atom. The van der Waals surface area contributed by atoms with Gasteiger partial charge >= 0.3 is 0 Å². The van der Waals surface area contributed by atoms with E-state index in [9.17, 15) is 8.42 Å². The molecule has 0 aromatic carbocycles. The molecular weight excluding hydrogens is 270 g/mol. The zero-order valence-electron chi connectivity index (χ0n) is 11.4. The van der Waals surface area contributed by atoms with Gasteiger partial charge in [-0.3, -0.25) is 0 Å². The highest BCUT2D eigenvalue weighted by molar-refractivity contribution is 7.88. The van der Waals surface area contributed by atoms with Gasteiger partial charge in [0, 0.05) is 25.6 Å². The third-order valence-corrected chi connectivity index (χ3v) is 4.66. The molecule has 8 heteroatoms. The van der Waals surface area contributed by atoms with Crippen LogP contribution < -0.4 is 0 Å². The number of sulfonamides is 1. The van der Waals surface area contributed by atoms with Crippen molar-refractivity contribution in [3.63, 3.8) is 0 Å². The summed E-state index contributed by atoms with van der Waals surface area (Å²) < 4.78 is 34.8. The fourth-order valence-corrected chi connectivity index (χ4v) is 3.32. The molecule has 0 radical (unpaired) electrons. The third kappa shape index (κ3) is 3.13. The second-order valence-corrected chi connectivity index (χ2v) is 7.19. The molecule has 2 rings (SSSR count). The van der Waals surface area contributed by atoms with Crippen molar-refractivity contribution in [3.05, 3.63) is 11.7 Å². The van der Waals surface area contributed by atoms with E-state index < -0.39 is 15.4 Å².